The number of methoxy groups -OCH3 is 1. The molecule has 2 aliphatic rings. The number of carbonyl (C=O) groups excluding carboxylic acids is 3. The van der Waals surface area contributed by atoms with Gasteiger partial charge in [0.2, 0.25) is 0 Å². The van der Waals surface area contributed by atoms with Crippen LogP contribution in [0, 0.1) is 0 Å². The summed E-state index contributed by atoms with van der Waals surface area (Å²) >= 11 is 0.864. The maximum absolute atomic E-state index is 13.3. The predicted molar refractivity (Wildman–Crippen MR) is 137 cm³/mol. The highest BCUT2D eigenvalue weighted by Crippen LogP contribution is 2.40. The van der Waals surface area contributed by atoms with Crippen LogP contribution in [0.15, 0.2) is 78.9 Å². The third kappa shape index (κ3) is 4.67. The minimum atomic E-state index is -0.918. The number of anilines is 2. The second kappa shape index (κ2) is 10.4. The fraction of sp³-hybridized carbons (Fsp3) is 0.222. The fourth-order valence-corrected chi connectivity index (χ4v) is 5.17. The number of rotatable bonds is 8. The molecule has 8 nitrogen and oxygen atoms in total. The second-order valence-corrected chi connectivity index (χ2v) is 9.34. The molecule has 0 spiro atoms. The van der Waals surface area contributed by atoms with Crippen molar-refractivity contribution in [3.63, 3.8) is 0 Å². The molecule has 3 amide bonds. The number of fused-ring (bicyclic) bond motifs is 1. The first kappa shape index (κ1) is 23.9. The van der Waals surface area contributed by atoms with Crippen molar-refractivity contribution in [2.24, 2.45) is 0 Å². The third-order valence-corrected chi connectivity index (χ3v) is 7.07. The number of hydrogen-bond acceptors (Lipinski definition) is 7. The van der Waals surface area contributed by atoms with Gasteiger partial charge in [0.05, 0.1) is 38.2 Å². The van der Waals surface area contributed by atoms with E-state index in [0.29, 0.717) is 18.0 Å². The van der Waals surface area contributed by atoms with Crippen LogP contribution in [0.2, 0.25) is 0 Å². The zero-order chi connectivity index (χ0) is 25.1. The van der Waals surface area contributed by atoms with E-state index in [1.807, 2.05) is 71.6 Å². The smallest absolute Gasteiger partial charge is 0.291 e. The molecule has 0 aliphatic carbocycles. The van der Waals surface area contributed by atoms with Crippen LogP contribution in [0.5, 0.6) is 5.75 Å². The van der Waals surface area contributed by atoms with E-state index in [-0.39, 0.29) is 36.7 Å². The van der Waals surface area contributed by atoms with Gasteiger partial charge in [-0.1, -0.05) is 54.6 Å². The number of nitrogens with zero attached hydrogens (tertiary/aromatic N) is 3. The summed E-state index contributed by atoms with van der Waals surface area (Å²) in [6.45, 7) is 0.880. The molecule has 9 heteroatoms. The fourth-order valence-electron chi connectivity index (χ4n) is 4.31. The van der Waals surface area contributed by atoms with Crippen molar-refractivity contribution in [2.75, 3.05) is 31.8 Å². The summed E-state index contributed by atoms with van der Waals surface area (Å²) in [7, 11) is 1.59. The summed E-state index contributed by atoms with van der Waals surface area (Å²) < 4.78 is 11.3. The number of thioether (sulfide) groups is 1. The Balaban J connectivity index is 1.27. The van der Waals surface area contributed by atoms with Crippen molar-refractivity contribution in [1.82, 2.24) is 9.80 Å². The normalized spacial score (nSPS) is 17.5. The minimum absolute atomic E-state index is 0.115. The van der Waals surface area contributed by atoms with Crippen LogP contribution in [-0.2, 0) is 16.1 Å². The molecule has 3 aromatic carbocycles. The van der Waals surface area contributed by atoms with Crippen LogP contribution in [0.3, 0.4) is 0 Å². The van der Waals surface area contributed by atoms with Gasteiger partial charge in [-0.3, -0.25) is 19.3 Å². The first-order valence-corrected chi connectivity index (χ1v) is 12.4. The van der Waals surface area contributed by atoms with Crippen LogP contribution in [0.1, 0.15) is 15.9 Å². The third-order valence-electron chi connectivity index (χ3n) is 6.10. The Bertz CT molecular complexity index is 1270. The van der Waals surface area contributed by atoms with Crippen LogP contribution >= 0.6 is 11.8 Å². The monoisotopic (exact) mass is 503 g/mol. The Hall–Kier alpha value is -3.82. The van der Waals surface area contributed by atoms with E-state index in [1.54, 1.807) is 24.1 Å². The van der Waals surface area contributed by atoms with Crippen LogP contribution < -0.4 is 9.64 Å². The largest absolute Gasteiger partial charge is 0.495 e. The van der Waals surface area contributed by atoms with Crippen LogP contribution in [0.25, 0.3) is 0 Å². The molecule has 2 aliphatic heterocycles. The molecule has 0 N–H and O–H groups in total. The van der Waals surface area contributed by atoms with Crippen molar-refractivity contribution in [1.29, 1.82) is 0 Å². The maximum atomic E-state index is 13.3. The Morgan fingerprint density at radius 1 is 0.917 bits per heavy atom. The first-order valence-electron chi connectivity index (χ1n) is 11.5. The molecular formula is C27H25N3O5S. The average molecular weight is 504 g/mol. The lowest BCUT2D eigenvalue weighted by Gasteiger charge is -2.38. The van der Waals surface area contributed by atoms with E-state index < -0.39 is 5.44 Å². The molecule has 1 fully saturated rings. The van der Waals surface area contributed by atoms with E-state index in [2.05, 4.69) is 0 Å². The molecule has 0 bridgehead atoms. The van der Waals surface area contributed by atoms with Gasteiger partial charge in [0.15, 0.2) is 5.44 Å². The van der Waals surface area contributed by atoms with Gasteiger partial charge in [0, 0.05) is 12.2 Å². The lowest BCUT2D eigenvalue weighted by molar-refractivity contribution is -0.134. The highest BCUT2D eigenvalue weighted by atomic mass is 32.2. The van der Waals surface area contributed by atoms with E-state index in [0.717, 1.165) is 28.7 Å². The van der Waals surface area contributed by atoms with Gasteiger partial charge in [-0.15, -0.1) is 0 Å². The standard InChI is InChI=1S/C27H25N3O5S/c1-34-22-14-8-13-21-23(22)30(20-11-6-3-7-12-20)18-28(24(21)31)15-16-35-26-25(32)29(27(33)36-26)17-19-9-4-2-5-10-19/h2-14,26H,15-18H2,1H3. The van der Waals surface area contributed by atoms with Gasteiger partial charge in [-0.05, 0) is 41.6 Å². The van der Waals surface area contributed by atoms with E-state index in [4.69, 9.17) is 9.47 Å². The molecule has 2 heterocycles. The van der Waals surface area contributed by atoms with Gasteiger partial charge in [0.1, 0.15) is 5.75 Å². The Labute approximate surface area is 213 Å². The van der Waals surface area contributed by atoms with Crippen LogP contribution in [-0.4, -0.2) is 59.2 Å². The van der Waals surface area contributed by atoms with Gasteiger partial charge in [-0.25, -0.2) is 0 Å². The van der Waals surface area contributed by atoms with Crippen molar-refractivity contribution < 1.29 is 23.9 Å². The lowest BCUT2D eigenvalue weighted by Crippen LogP contribution is -2.46. The number of para-hydroxylation sites is 2. The molecule has 5 rings (SSSR count). The SMILES string of the molecule is COc1cccc2c1N(c1ccccc1)CN(CCOC1SC(=O)N(Cc3ccccc3)C1=O)C2=O. The summed E-state index contributed by atoms with van der Waals surface area (Å²) in [6, 6.07) is 24.5. The Kier molecular flexibility index (Phi) is 6.92. The molecule has 0 saturated carbocycles. The van der Waals surface area contributed by atoms with E-state index in [9.17, 15) is 14.4 Å². The highest BCUT2D eigenvalue weighted by molar-refractivity contribution is 8.15. The molecule has 1 atom stereocenters. The number of amides is 3. The van der Waals surface area contributed by atoms with Gasteiger partial charge >= 0.3 is 0 Å². The molecule has 1 unspecified atom stereocenters. The number of ether oxygens (including phenoxy) is 2. The minimum Gasteiger partial charge on any atom is -0.495 e. The predicted octanol–water partition coefficient (Wildman–Crippen LogP) is 4.48. The summed E-state index contributed by atoms with van der Waals surface area (Å²) in [4.78, 5) is 43.4. The van der Waals surface area contributed by atoms with Crippen molar-refractivity contribution in [3.05, 3.63) is 90.0 Å². The number of carbonyl (C=O) groups is 3. The number of hydrogen-bond donors (Lipinski definition) is 0. The van der Waals surface area contributed by atoms with Crippen LogP contribution in [0.4, 0.5) is 16.2 Å². The molecule has 184 valence electrons. The molecule has 36 heavy (non-hydrogen) atoms. The Morgan fingerprint density at radius 3 is 2.36 bits per heavy atom. The molecule has 1 saturated heterocycles. The molecule has 3 aromatic rings. The summed E-state index contributed by atoms with van der Waals surface area (Å²) in [5, 5.41) is -0.334. The summed E-state index contributed by atoms with van der Waals surface area (Å²) in [5.74, 6) is 0.0947. The quantitative estimate of drug-likeness (QED) is 0.448. The maximum Gasteiger partial charge on any atom is 0.291 e. The summed E-state index contributed by atoms with van der Waals surface area (Å²) in [6.07, 6.45) is 0. The topological polar surface area (TPSA) is 79.4 Å². The van der Waals surface area contributed by atoms with Crippen molar-refractivity contribution in [3.8, 4) is 5.75 Å². The van der Waals surface area contributed by atoms with Crippen molar-refractivity contribution >= 4 is 40.2 Å². The van der Waals surface area contributed by atoms with Gasteiger partial charge in [-0.2, -0.15) is 0 Å². The van der Waals surface area contributed by atoms with Crippen molar-refractivity contribution in [2.45, 2.75) is 12.0 Å². The lowest BCUT2D eigenvalue weighted by atomic mass is 10.1. The molecular weight excluding hydrogens is 478 g/mol. The molecule has 0 aromatic heterocycles. The van der Waals surface area contributed by atoms with E-state index in [1.165, 1.54) is 4.90 Å². The molecule has 0 radical (unpaired) electrons. The number of benzene rings is 3. The second-order valence-electron chi connectivity index (χ2n) is 8.33. The highest BCUT2D eigenvalue weighted by Gasteiger charge is 2.40. The Morgan fingerprint density at radius 2 is 1.64 bits per heavy atom. The average Bonchev–Trinajstić information content (AvgIpc) is 3.18. The number of imide groups is 1. The van der Waals surface area contributed by atoms with Gasteiger partial charge < -0.3 is 19.3 Å². The summed E-state index contributed by atoms with van der Waals surface area (Å²) in [5.41, 5.74) is 2.12. The first-order chi connectivity index (χ1) is 17.6. The van der Waals surface area contributed by atoms with E-state index >= 15 is 0 Å². The zero-order valence-electron chi connectivity index (χ0n) is 19.7. The van der Waals surface area contributed by atoms with Gasteiger partial charge in [0.25, 0.3) is 17.1 Å². The zero-order valence-corrected chi connectivity index (χ0v) is 20.5.